The van der Waals surface area contributed by atoms with Crippen LogP contribution < -0.4 is 24.2 Å². The molecule has 172 valence electrons. The van der Waals surface area contributed by atoms with Crippen molar-refractivity contribution in [2.75, 3.05) is 54.7 Å². The second-order valence-corrected chi connectivity index (χ2v) is 7.38. The van der Waals surface area contributed by atoms with Crippen molar-refractivity contribution in [3.8, 4) is 23.0 Å². The van der Waals surface area contributed by atoms with Crippen molar-refractivity contribution < 1.29 is 38.5 Å². The Balaban J connectivity index is 1.92. The lowest BCUT2D eigenvalue weighted by atomic mass is 10.0. The number of Topliss-reactive ketones (excluding diaryl/α,β-unsaturated/α-hetero) is 1. The molecule has 1 heterocycles. The largest absolute Gasteiger partial charge is 0.872 e. The van der Waals surface area contributed by atoms with E-state index in [0.717, 1.165) is 4.90 Å². The Kier molecular flexibility index (Phi) is 8.10. The fraction of sp³-hybridized carbons (Fsp3) is 0.375. The molecule has 0 aliphatic carbocycles. The molecule has 0 saturated heterocycles. The maximum atomic E-state index is 13.0. The van der Waals surface area contributed by atoms with Gasteiger partial charge in [0.15, 0.2) is 5.76 Å². The average Bonchev–Trinajstić information content (AvgIpc) is 3.12. The summed E-state index contributed by atoms with van der Waals surface area (Å²) in [6, 6.07) is 8.24. The lowest BCUT2D eigenvalue weighted by Gasteiger charge is -2.23. The van der Waals surface area contributed by atoms with Gasteiger partial charge in [0.2, 0.25) is 5.78 Å². The SMILES string of the molecule is COCC[NH+](CCOC)Cc1c([O-])ccc2c1OC(=Cc1ccc(OC)cc1OC)C2=O. The summed E-state index contributed by atoms with van der Waals surface area (Å²) in [4.78, 5) is 14.1. The summed E-state index contributed by atoms with van der Waals surface area (Å²) in [5.74, 6) is 1.23. The number of ether oxygens (including phenoxy) is 5. The molecule has 1 aliphatic heterocycles. The highest BCUT2D eigenvalue weighted by molar-refractivity contribution is 6.15. The van der Waals surface area contributed by atoms with E-state index in [2.05, 4.69) is 0 Å². The highest BCUT2D eigenvalue weighted by atomic mass is 16.5. The predicted molar refractivity (Wildman–Crippen MR) is 117 cm³/mol. The number of allylic oxidation sites excluding steroid dienone is 1. The first-order chi connectivity index (χ1) is 15.5. The number of carbonyl (C=O) groups excluding carboxylic acids is 1. The molecule has 0 fully saturated rings. The summed E-state index contributed by atoms with van der Waals surface area (Å²) in [7, 11) is 6.39. The number of benzene rings is 2. The molecule has 8 heteroatoms. The molecule has 0 aromatic heterocycles. The second-order valence-electron chi connectivity index (χ2n) is 7.38. The van der Waals surface area contributed by atoms with Crippen LogP contribution in [0, 0.1) is 0 Å². The number of fused-ring (bicyclic) bond motifs is 1. The minimum atomic E-state index is -0.269. The molecule has 0 amide bonds. The molecule has 0 unspecified atom stereocenters. The molecule has 0 atom stereocenters. The van der Waals surface area contributed by atoms with Crippen LogP contribution in [0.1, 0.15) is 21.5 Å². The van der Waals surface area contributed by atoms with Crippen molar-refractivity contribution in [1.29, 1.82) is 0 Å². The first-order valence-corrected chi connectivity index (χ1v) is 10.3. The van der Waals surface area contributed by atoms with Crippen LogP contribution in [0.3, 0.4) is 0 Å². The van der Waals surface area contributed by atoms with Crippen LogP contribution in [0.5, 0.6) is 23.0 Å². The van der Waals surface area contributed by atoms with Crippen LogP contribution in [0.15, 0.2) is 36.1 Å². The first kappa shape index (κ1) is 23.6. The minimum Gasteiger partial charge on any atom is -0.872 e. The van der Waals surface area contributed by atoms with Gasteiger partial charge in [0.25, 0.3) is 0 Å². The van der Waals surface area contributed by atoms with Gasteiger partial charge in [-0.25, -0.2) is 0 Å². The molecule has 2 aromatic carbocycles. The fourth-order valence-corrected chi connectivity index (χ4v) is 3.58. The maximum absolute atomic E-state index is 13.0. The number of hydrogen-bond donors (Lipinski definition) is 1. The molecule has 1 aliphatic rings. The molecule has 0 spiro atoms. The van der Waals surface area contributed by atoms with Gasteiger partial charge in [0, 0.05) is 31.4 Å². The third kappa shape index (κ3) is 5.21. The molecular weight excluding hydrogens is 414 g/mol. The average molecular weight is 443 g/mol. The van der Waals surface area contributed by atoms with Crippen molar-refractivity contribution in [1.82, 2.24) is 0 Å². The van der Waals surface area contributed by atoms with Crippen LogP contribution in [0.4, 0.5) is 0 Å². The predicted octanol–water partition coefficient (Wildman–Crippen LogP) is 1.07. The smallest absolute Gasteiger partial charge is 0.231 e. The second kappa shape index (κ2) is 11.0. The van der Waals surface area contributed by atoms with Gasteiger partial charge in [-0.05, 0) is 24.3 Å². The first-order valence-electron chi connectivity index (χ1n) is 10.3. The van der Waals surface area contributed by atoms with Crippen LogP contribution in [-0.2, 0) is 16.0 Å². The fourth-order valence-electron chi connectivity index (χ4n) is 3.58. The number of rotatable bonds is 11. The normalized spacial score (nSPS) is 14.0. The molecule has 0 bridgehead atoms. The Labute approximate surface area is 187 Å². The summed E-state index contributed by atoms with van der Waals surface area (Å²) < 4.78 is 27.0. The van der Waals surface area contributed by atoms with E-state index < -0.39 is 0 Å². The van der Waals surface area contributed by atoms with Crippen LogP contribution >= 0.6 is 0 Å². The highest BCUT2D eigenvalue weighted by Gasteiger charge is 2.31. The van der Waals surface area contributed by atoms with Crippen LogP contribution in [0.2, 0.25) is 0 Å². The summed E-state index contributed by atoms with van der Waals surface area (Å²) in [5.41, 5.74) is 1.53. The van der Waals surface area contributed by atoms with Gasteiger partial charge in [0.1, 0.15) is 36.9 Å². The van der Waals surface area contributed by atoms with E-state index in [9.17, 15) is 9.90 Å². The summed E-state index contributed by atoms with van der Waals surface area (Å²) in [6.07, 6.45) is 1.62. The van der Waals surface area contributed by atoms with Crippen molar-refractivity contribution >= 4 is 11.9 Å². The van der Waals surface area contributed by atoms with Crippen LogP contribution in [-0.4, -0.2) is 60.5 Å². The Morgan fingerprint density at radius 1 is 1.00 bits per heavy atom. The molecule has 3 rings (SSSR count). The quantitative estimate of drug-likeness (QED) is 0.520. The summed E-state index contributed by atoms with van der Waals surface area (Å²) in [6.45, 7) is 2.89. The number of ketones is 1. The van der Waals surface area contributed by atoms with Crippen LogP contribution in [0.25, 0.3) is 6.08 Å². The van der Waals surface area contributed by atoms with E-state index in [4.69, 9.17) is 23.7 Å². The zero-order chi connectivity index (χ0) is 23.1. The van der Waals surface area contributed by atoms with Crippen molar-refractivity contribution in [3.63, 3.8) is 0 Å². The van der Waals surface area contributed by atoms with Gasteiger partial charge in [-0.3, -0.25) is 4.79 Å². The molecule has 32 heavy (non-hydrogen) atoms. The Hall–Kier alpha value is -3.07. The van der Waals surface area contributed by atoms with E-state index in [-0.39, 0.29) is 17.3 Å². The van der Waals surface area contributed by atoms with Crippen molar-refractivity contribution in [2.45, 2.75) is 6.54 Å². The summed E-state index contributed by atoms with van der Waals surface area (Å²) in [5, 5.41) is 12.7. The lowest BCUT2D eigenvalue weighted by Crippen LogP contribution is -3.11. The monoisotopic (exact) mass is 443 g/mol. The molecule has 0 saturated carbocycles. The van der Waals surface area contributed by atoms with Gasteiger partial charge in [-0.1, -0.05) is 11.8 Å². The van der Waals surface area contributed by atoms with Crippen molar-refractivity contribution in [2.24, 2.45) is 0 Å². The third-order valence-electron chi connectivity index (χ3n) is 5.37. The molecule has 1 N–H and O–H groups in total. The van der Waals surface area contributed by atoms with Gasteiger partial charge < -0.3 is 33.7 Å². The number of hydrogen-bond acceptors (Lipinski definition) is 7. The van der Waals surface area contributed by atoms with Gasteiger partial charge in [-0.15, -0.1) is 0 Å². The van der Waals surface area contributed by atoms with E-state index in [0.29, 0.717) is 66.8 Å². The Morgan fingerprint density at radius 3 is 2.34 bits per heavy atom. The zero-order valence-electron chi connectivity index (χ0n) is 18.9. The molecule has 8 nitrogen and oxygen atoms in total. The zero-order valence-corrected chi connectivity index (χ0v) is 18.9. The van der Waals surface area contributed by atoms with Crippen molar-refractivity contribution in [3.05, 3.63) is 52.8 Å². The Bertz CT molecular complexity index is 979. The minimum absolute atomic E-state index is 0.144. The lowest BCUT2D eigenvalue weighted by molar-refractivity contribution is -0.914. The third-order valence-corrected chi connectivity index (χ3v) is 5.37. The molecule has 0 radical (unpaired) electrons. The van der Waals surface area contributed by atoms with Gasteiger partial charge >= 0.3 is 0 Å². The summed E-state index contributed by atoms with van der Waals surface area (Å²) >= 11 is 0. The number of methoxy groups -OCH3 is 4. The van der Waals surface area contributed by atoms with Gasteiger partial charge in [0.05, 0.1) is 33.0 Å². The maximum Gasteiger partial charge on any atom is 0.231 e. The topological polar surface area (TPSA) is 90.7 Å². The van der Waals surface area contributed by atoms with E-state index in [1.807, 2.05) is 0 Å². The van der Waals surface area contributed by atoms with Gasteiger partial charge in [-0.2, -0.15) is 0 Å². The highest BCUT2D eigenvalue weighted by Crippen LogP contribution is 2.39. The molecule has 2 aromatic rings. The standard InChI is InChI=1S/C24H29NO7/c1-28-11-9-25(10-12-29-2)15-19-20(26)8-7-18-23(27)22(32-24(18)19)13-16-5-6-17(30-3)14-21(16)31-4/h5-8,13-14,26H,9-12,15H2,1-4H3. The Morgan fingerprint density at radius 2 is 1.72 bits per heavy atom. The number of quaternary nitrogens is 1. The van der Waals surface area contributed by atoms with E-state index in [1.54, 1.807) is 52.7 Å². The van der Waals surface area contributed by atoms with E-state index >= 15 is 0 Å². The van der Waals surface area contributed by atoms with E-state index in [1.165, 1.54) is 12.1 Å². The number of carbonyl (C=O) groups is 1. The number of nitrogens with one attached hydrogen (secondary N) is 1. The molecular formula is C24H29NO7.